The van der Waals surface area contributed by atoms with Crippen molar-refractivity contribution in [3.8, 4) is 11.3 Å². The molecule has 3 rings (SSSR count). The highest BCUT2D eigenvalue weighted by Crippen LogP contribution is 2.23. The molecular weight excluding hydrogens is 226 g/mol. The van der Waals surface area contributed by atoms with Gasteiger partial charge >= 0.3 is 0 Å². The molecule has 3 heterocycles. The maximum absolute atomic E-state index is 4.50. The monoisotopic (exact) mass is 241 g/mol. The average Bonchev–Trinajstić information content (AvgIpc) is 2.90. The minimum absolute atomic E-state index is 0.948. The summed E-state index contributed by atoms with van der Waals surface area (Å²) in [7, 11) is 3.81. The van der Waals surface area contributed by atoms with Crippen LogP contribution in [0.25, 0.3) is 22.2 Å². The van der Waals surface area contributed by atoms with Crippen LogP contribution in [0.15, 0.2) is 30.7 Å². The van der Waals surface area contributed by atoms with Gasteiger partial charge < -0.3 is 5.43 Å². The van der Waals surface area contributed by atoms with Crippen LogP contribution < -0.4 is 5.43 Å². The summed E-state index contributed by atoms with van der Waals surface area (Å²) < 4.78 is 3.81. The van der Waals surface area contributed by atoms with Gasteiger partial charge in [-0.05, 0) is 19.1 Å². The zero-order valence-corrected chi connectivity index (χ0v) is 10.7. The van der Waals surface area contributed by atoms with Crippen molar-refractivity contribution in [3.05, 3.63) is 36.4 Å². The lowest BCUT2D eigenvalue weighted by Crippen LogP contribution is -2.09. The molecule has 0 aromatic carbocycles. The van der Waals surface area contributed by atoms with E-state index in [1.54, 1.807) is 4.68 Å². The fourth-order valence-corrected chi connectivity index (χ4v) is 2.25. The fraction of sp³-hybridized carbons (Fsp3) is 0.231. The minimum atomic E-state index is 0.948. The molecule has 0 bridgehead atoms. The molecule has 0 fully saturated rings. The van der Waals surface area contributed by atoms with E-state index >= 15 is 0 Å². The second-order valence-corrected chi connectivity index (χ2v) is 4.38. The van der Waals surface area contributed by atoms with Crippen molar-refractivity contribution >= 4 is 10.9 Å². The van der Waals surface area contributed by atoms with Gasteiger partial charge in [0, 0.05) is 36.9 Å². The van der Waals surface area contributed by atoms with Gasteiger partial charge in [0.2, 0.25) is 0 Å². The average molecular weight is 241 g/mol. The molecule has 0 saturated heterocycles. The van der Waals surface area contributed by atoms with Crippen LogP contribution in [-0.2, 0) is 7.05 Å². The van der Waals surface area contributed by atoms with Crippen LogP contribution in [0.1, 0.15) is 5.69 Å². The lowest BCUT2D eigenvalue weighted by molar-refractivity contribution is 0.768. The zero-order chi connectivity index (χ0) is 12.7. The van der Waals surface area contributed by atoms with Crippen LogP contribution in [0.3, 0.4) is 0 Å². The van der Waals surface area contributed by atoms with Crippen molar-refractivity contribution in [2.75, 3.05) is 12.5 Å². The highest BCUT2D eigenvalue weighted by Gasteiger charge is 2.08. The largest absolute Gasteiger partial charge is 0.329 e. The van der Waals surface area contributed by atoms with Gasteiger partial charge in [-0.1, -0.05) is 0 Å². The Labute approximate surface area is 105 Å². The van der Waals surface area contributed by atoms with Crippen LogP contribution in [0.4, 0.5) is 0 Å². The van der Waals surface area contributed by atoms with E-state index in [2.05, 4.69) is 34.6 Å². The maximum atomic E-state index is 4.50. The van der Waals surface area contributed by atoms with E-state index in [4.69, 9.17) is 0 Å². The van der Waals surface area contributed by atoms with Crippen molar-refractivity contribution in [2.45, 2.75) is 6.92 Å². The third kappa shape index (κ3) is 1.55. The number of nitrogens with zero attached hydrogens (tertiary/aromatic N) is 4. The second kappa shape index (κ2) is 3.87. The van der Waals surface area contributed by atoms with Crippen molar-refractivity contribution in [3.63, 3.8) is 0 Å². The summed E-state index contributed by atoms with van der Waals surface area (Å²) in [5, 5.41) is 5.35. The van der Waals surface area contributed by atoms with Gasteiger partial charge in [-0.3, -0.25) is 14.3 Å². The summed E-state index contributed by atoms with van der Waals surface area (Å²) >= 11 is 0. The summed E-state index contributed by atoms with van der Waals surface area (Å²) in [6.07, 6.45) is 5.69. The first kappa shape index (κ1) is 10.8. The number of rotatable bonds is 2. The highest BCUT2D eigenvalue weighted by atomic mass is 15.4. The van der Waals surface area contributed by atoms with Crippen LogP contribution in [0.2, 0.25) is 0 Å². The Hall–Kier alpha value is -2.30. The molecule has 0 atom stereocenters. The van der Waals surface area contributed by atoms with Crippen LogP contribution in [0, 0.1) is 6.92 Å². The third-order valence-electron chi connectivity index (χ3n) is 3.10. The topological polar surface area (TPSA) is 47.7 Å². The van der Waals surface area contributed by atoms with E-state index in [9.17, 15) is 0 Å². The van der Waals surface area contributed by atoms with Gasteiger partial charge in [-0.2, -0.15) is 5.10 Å². The quantitative estimate of drug-likeness (QED) is 0.745. The molecule has 5 heteroatoms. The predicted octanol–water partition coefficient (Wildman–Crippen LogP) is 1.92. The van der Waals surface area contributed by atoms with E-state index < -0.39 is 0 Å². The van der Waals surface area contributed by atoms with Crippen molar-refractivity contribution < 1.29 is 0 Å². The standard InChI is InChI=1S/C13H15N5/c1-9-4-10-5-12(11-6-16-17(3)8-11)15-7-13(10)18(9)14-2/h4-8,14H,1-3H3. The summed E-state index contributed by atoms with van der Waals surface area (Å²) in [5.41, 5.74) is 7.38. The van der Waals surface area contributed by atoms with E-state index in [0.717, 1.165) is 22.5 Å². The van der Waals surface area contributed by atoms with Gasteiger partial charge in [0.25, 0.3) is 0 Å². The molecule has 0 amide bonds. The number of pyridine rings is 1. The number of aromatic nitrogens is 4. The van der Waals surface area contributed by atoms with Gasteiger partial charge in [-0.15, -0.1) is 0 Å². The molecular formula is C13H15N5. The molecule has 3 aromatic heterocycles. The first-order chi connectivity index (χ1) is 8.69. The van der Waals surface area contributed by atoms with E-state index in [-0.39, 0.29) is 0 Å². The maximum Gasteiger partial charge on any atom is 0.0879 e. The first-order valence-corrected chi connectivity index (χ1v) is 5.84. The van der Waals surface area contributed by atoms with Crippen molar-refractivity contribution in [2.24, 2.45) is 7.05 Å². The van der Waals surface area contributed by atoms with Crippen molar-refractivity contribution in [1.29, 1.82) is 0 Å². The molecule has 18 heavy (non-hydrogen) atoms. The molecule has 0 radical (unpaired) electrons. The molecule has 92 valence electrons. The molecule has 0 unspecified atom stereocenters. The van der Waals surface area contributed by atoms with Crippen molar-refractivity contribution in [1.82, 2.24) is 19.4 Å². The Balaban J connectivity index is 2.17. The van der Waals surface area contributed by atoms with E-state index in [0.29, 0.717) is 0 Å². The molecule has 0 saturated carbocycles. The number of fused-ring (bicyclic) bond motifs is 1. The Morgan fingerprint density at radius 2 is 2.06 bits per heavy atom. The Kier molecular flexibility index (Phi) is 2.33. The molecule has 0 aliphatic rings. The minimum Gasteiger partial charge on any atom is -0.329 e. The number of hydrogen-bond acceptors (Lipinski definition) is 3. The lowest BCUT2D eigenvalue weighted by atomic mass is 10.2. The summed E-state index contributed by atoms with van der Waals surface area (Å²) in [5.74, 6) is 0. The van der Waals surface area contributed by atoms with E-state index in [1.165, 1.54) is 5.39 Å². The molecule has 1 N–H and O–H groups in total. The number of nitrogens with one attached hydrogen (secondary N) is 1. The molecule has 0 aliphatic heterocycles. The summed E-state index contributed by atoms with van der Waals surface area (Å²) in [6.45, 7) is 2.07. The third-order valence-corrected chi connectivity index (χ3v) is 3.10. The first-order valence-electron chi connectivity index (χ1n) is 5.84. The van der Waals surface area contributed by atoms with E-state index in [1.807, 2.05) is 37.4 Å². The predicted molar refractivity (Wildman–Crippen MR) is 72.0 cm³/mol. The van der Waals surface area contributed by atoms with Crippen LogP contribution in [-0.4, -0.2) is 26.5 Å². The Bertz CT molecular complexity index is 707. The summed E-state index contributed by atoms with van der Waals surface area (Å²) in [4.78, 5) is 4.50. The summed E-state index contributed by atoms with van der Waals surface area (Å²) in [6, 6.07) is 4.24. The highest BCUT2D eigenvalue weighted by molar-refractivity contribution is 5.84. The van der Waals surface area contributed by atoms with Gasteiger partial charge in [0.05, 0.1) is 23.6 Å². The SMILES string of the molecule is CNn1c(C)cc2cc(-c3cnn(C)c3)ncc21. The Morgan fingerprint density at radius 1 is 1.22 bits per heavy atom. The van der Waals surface area contributed by atoms with Gasteiger partial charge in [0.1, 0.15) is 0 Å². The van der Waals surface area contributed by atoms with Crippen LogP contribution >= 0.6 is 0 Å². The lowest BCUT2D eigenvalue weighted by Gasteiger charge is -2.05. The molecule has 3 aromatic rings. The normalized spacial score (nSPS) is 11.1. The number of aryl methyl sites for hydroxylation is 2. The zero-order valence-electron chi connectivity index (χ0n) is 10.7. The molecule has 0 spiro atoms. The Morgan fingerprint density at radius 3 is 2.72 bits per heavy atom. The second-order valence-electron chi connectivity index (χ2n) is 4.38. The molecule has 5 nitrogen and oxygen atoms in total. The molecule has 0 aliphatic carbocycles. The van der Waals surface area contributed by atoms with Crippen LogP contribution in [0.5, 0.6) is 0 Å². The van der Waals surface area contributed by atoms with Gasteiger partial charge in [0.15, 0.2) is 0 Å². The van der Waals surface area contributed by atoms with Gasteiger partial charge in [-0.25, -0.2) is 0 Å². The smallest absolute Gasteiger partial charge is 0.0879 e. The fourth-order valence-electron chi connectivity index (χ4n) is 2.25. The number of hydrogen-bond donors (Lipinski definition) is 1.